The zero-order valence-electron chi connectivity index (χ0n) is 20.8. The maximum Gasteiger partial charge on any atom is 0.244 e. The fourth-order valence-electron chi connectivity index (χ4n) is 4.51. The molecule has 2 aromatic carbocycles. The third kappa shape index (κ3) is 6.81. The SMILES string of the molecule is CC[C@H](C(=O)NC1CCCC1)N(Cc1ccccc1C)C(=O)CN(c1ccc(F)c(F)c1)S(C)(=O)=O. The van der Waals surface area contributed by atoms with E-state index in [1.165, 1.54) is 4.90 Å². The van der Waals surface area contributed by atoms with Crippen molar-refractivity contribution in [1.82, 2.24) is 10.2 Å². The van der Waals surface area contributed by atoms with Crippen LogP contribution in [0.3, 0.4) is 0 Å². The van der Waals surface area contributed by atoms with Gasteiger partial charge in [0.2, 0.25) is 21.8 Å². The van der Waals surface area contributed by atoms with Crippen LogP contribution in [-0.4, -0.2) is 50.0 Å². The summed E-state index contributed by atoms with van der Waals surface area (Å²) in [6.07, 6.45) is 5.03. The van der Waals surface area contributed by atoms with Crippen LogP contribution >= 0.6 is 0 Å². The van der Waals surface area contributed by atoms with Crippen LogP contribution < -0.4 is 9.62 Å². The molecule has 0 aliphatic heterocycles. The van der Waals surface area contributed by atoms with E-state index in [4.69, 9.17) is 0 Å². The van der Waals surface area contributed by atoms with Crippen molar-refractivity contribution in [2.45, 2.75) is 64.6 Å². The molecule has 2 amide bonds. The standard InChI is InChI=1S/C26H33F2N3O4S/c1-4-24(26(33)29-20-11-7-8-12-20)30(16-19-10-6-5-9-18(19)2)25(32)17-31(36(3,34)35)21-13-14-22(27)23(28)15-21/h5-6,9-10,13-15,20,24H,4,7-8,11-12,16-17H2,1-3H3,(H,29,33)/t24-/m1/s1. The Hall–Kier alpha value is -3.01. The molecule has 7 nitrogen and oxygen atoms in total. The predicted octanol–water partition coefficient (Wildman–Crippen LogP) is 3.91. The summed E-state index contributed by atoms with van der Waals surface area (Å²) in [5.74, 6) is -3.27. The van der Waals surface area contributed by atoms with E-state index in [-0.39, 0.29) is 24.2 Å². The summed E-state index contributed by atoms with van der Waals surface area (Å²) in [5, 5.41) is 3.04. The Labute approximate surface area is 211 Å². The normalized spacial score (nSPS) is 14.9. The van der Waals surface area contributed by atoms with Crippen molar-refractivity contribution in [3.05, 3.63) is 65.2 Å². The molecule has 0 bridgehead atoms. The number of carbonyl (C=O) groups is 2. The average Bonchev–Trinajstić information content (AvgIpc) is 3.32. The zero-order chi connectivity index (χ0) is 26.5. The van der Waals surface area contributed by atoms with E-state index >= 15 is 0 Å². The molecule has 0 aromatic heterocycles. The molecule has 3 rings (SSSR count). The van der Waals surface area contributed by atoms with E-state index in [1.54, 1.807) is 6.92 Å². The van der Waals surface area contributed by atoms with Crippen molar-refractivity contribution < 1.29 is 26.8 Å². The molecule has 10 heteroatoms. The molecule has 0 unspecified atom stereocenters. The molecule has 1 aliphatic rings. The van der Waals surface area contributed by atoms with E-state index < -0.39 is 40.2 Å². The Bertz CT molecular complexity index is 1200. The van der Waals surface area contributed by atoms with Crippen LogP contribution in [0, 0.1) is 18.6 Å². The molecule has 0 spiro atoms. The smallest absolute Gasteiger partial charge is 0.244 e. The Balaban J connectivity index is 1.94. The number of hydrogen-bond acceptors (Lipinski definition) is 4. The molecule has 1 N–H and O–H groups in total. The van der Waals surface area contributed by atoms with Gasteiger partial charge in [-0.1, -0.05) is 44.0 Å². The fraction of sp³-hybridized carbons (Fsp3) is 0.462. The summed E-state index contributed by atoms with van der Waals surface area (Å²) in [5.41, 5.74) is 1.56. The maximum atomic E-state index is 13.9. The minimum Gasteiger partial charge on any atom is -0.352 e. The number of amides is 2. The van der Waals surface area contributed by atoms with Crippen LogP contribution in [0.4, 0.5) is 14.5 Å². The third-order valence-electron chi connectivity index (χ3n) is 6.56. The summed E-state index contributed by atoms with van der Waals surface area (Å²) < 4.78 is 53.2. The topological polar surface area (TPSA) is 86.8 Å². The van der Waals surface area contributed by atoms with Crippen LogP contribution in [0.1, 0.15) is 50.2 Å². The molecule has 0 radical (unpaired) electrons. The molecule has 196 valence electrons. The summed E-state index contributed by atoms with van der Waals surface area (Å²) in [6, 6.07) is 9.30. The van der Waals surface area contributed by atoms with Gasteiger partial charge in [-0.3, -0.25) is 13.9 Å². The second kappa shape index (κ2) is 11.8. The number of benzene rings is 2. The van der Waals surface area contributed by atoms with Crippen molar-refractivity contribution in [3.63, 3.8) is 0 Å². The summed E-state index contributed by atoms with van der Waals surface area (Å²) in [4.78, 5) is 28.3. The lowest BCUT2D eigenvalue weighted by Gasteiger charge is -2.33. The van der Waals surface area contributed by atoms with Gasteiger partial charge < -0.3 is 10.2 Å². The second-order valence-corrected chi connectivity index (χ2v) is 11.1. The van der Waals surface area contributed by atoms with Crippen molar-refractivity contribution in [3.8, 4) is 0 Å². The zero-order valence-corrected chi connectivity index (χ0v) is 21.7. The molecule has 36 heavy (non-hydrogen) atoms. The van der Waals surface area contributed by atoms with E-state index in [0.717, 1.165) is 65.6 Å². The number of hydrogen-bond donors (Lipinski definition) is 1. The number of carbonyl (C=O) groups excluding carboxylic acids is 2. The summed E-state index contributed by atoms with van der Waals surface area (Å²) in [7, 11) is -4.03. The molecule has 1 atom stereocenters. The van der Waals surface area contributed by atoms with Gasteiger partial charge in [0, 0.05) is 18.7 Å². The van der Waals surface area contributed by atoms with Crippen LogP contribution in [-0.2, 0) is 26.2 Å². The predicted molar refractivity (Wildman–Crippen MR) is 135 cm³/mol. The van der Waals surface area contributed by atoms with Crippen molar-refractivity contribution in [2.24, 2.45) is 0 Å². The second-order valence-electron chi connectivity index (χ2n) is 9.23. The number of sulfonamides is 1. The Morgan fingerprint density at radius 1 is 1.08 bits per heavy atom. The minimum absolute atomic E-state index is 0.0525. The average molecular weight is 522 g/mol. The Morgan fingerprint density at radius 2 is 1.75 bits per heavy atom. The molecular weight excluding hydrogens is 488 g/mol. The molecule has 1 saturated carbocycles. The first-order chi connectivity index (χ1) is 17.0. The number of rotatable bonds is 10. The van der Waals surface area contributed by atoms with Crippen molar-refractivity contribution >= 4 is 27.5 Å². The van der Waals surface area contributed by atoms with Gasteiger partial charge in [0.15, 0.2) is 11.6 Å². The van der Waals surface area contributed by atoms with E-state index in [9.17, 15) is 26.8 Å². The van der Waals surface area contributed by atoms with Gasteiger partial charge in [0.25, 0.3) is 0 Å². The first kappa shape index (κ1) is 27.6. The molecule has 0 saturated heterocycles. The Morgan fingerprint density at radius 3 is 2.33 bits per heavy atom. The Kier molecular flexibility index (Phi) is 9.05. The van der Waals surface area contributed by atoms with Gasteiger partial charge in [-0.15, -0.1) is 0 Å². The highest BCUT2D eigenvalue weighted by Gasteiger charge is 2.33. The van der Waals surface area contributed by atoms with Gasteiger partial charge in [-0.05, 0) is 49.4 Å². The lowest BCUT2D eigenvalue weighted by molar-refractivity contribution is -0.140. The van der Waals surface area contributed by atoms with Crippen LogP contribution in [0.15, 0.2) is 42.5 Å². The van der Waals surface area contributed by atoms with Crippen LogP contribution in [0.5, 0.6) is 0 Å². The van der Waals surface area contributed by atoms with Crippen LogP contribution in [0.25, 0.3) is 0 Å². The van der Waals surface area contributed by atoms with Crippen molar-refractivity contribution in [2.75, 3.05) is 17.1 Å². The lowest BCUT2D eigenvalue weighted by atomic mass is 10.1. The minimum atomic E-state index is -4.03. The largest absolute Gasteiger partial charge is 0.352 e. The summed E-state index contributed by atoms with van der Waals surface area (Å²) >= 11 is 0. The van der Waals surface area contributed by atoms with Gasteiger partial charge in [0.05, 0.1) is 11.9 Å². The fourth-order valence-corrected chi connectivity index (χ4v) is 5.35. The van der Waals surface area contributed by atoms with Crippen LogP contribution in [0.2, 0.25) is 0 Å². The highest BCUT2D eigenvalue weighted by atomic mass is 32.2. The van der Waals surface area contributed by atoms with E-state index in [0.29, 0.717) is 6.42 Å². The van der Waals surface area contributed by atoms with E-state index in [1.807, 2.05) is 31.2 Å². The highest BCUT2D eigenvalue weighted by molar-refractivity contribution is 7.92. The number of anilines is 1. The van der Waals surface area contributed by atoms with E-state index in [2.05, 4.69) is 5.32 Å². The quantitative estimate of drug-likeness (QED) is 0.514. The molecular formula is C26H33F2N3O4S. The monoisotopic (exact) mass is 521 g/mol. The third-order valence-corrected chi connectivity index (χ3v) is 7.70. The molecule has 1 aliphatic carbocycles. The van der Waals surface area contributed by atoms with Gasteiger partial charge in [-0.25, -0.2) is 17.2 Å². The highest BCUT2D eigenvalue weighted by Crippen LogP contribution is 2.23. The van der Waals surface area contributed by atoms with Crippen molar-refractivity contribution in [1.29, 1.82) is 0 Å². The molecule has 0 heterocycles. The number of nitrogens with zero attached hydrogens (tertiary/aromatic N) is 2. The molecule has 2 aromatic rings. The summed E-state index contributed by atoms with van der Waals surface area (Å²) in [6.45, 7) is 3.11. The number of nitrogens with one attached hydrogen (secondary N) is 1. The first-order valence-corrected chi connectivity index (χ1v) is 13.9. The number of aryl methyl sites for hydroxylation is 1. The van der Waals surface area contributed by atoms with Gasteiger partial charge >= 0.3 is 0 Å². The lowest BCUT2D eigenvalue weighted by Crippen LogP contribution is -2.53. The maximum absolute atomic E-state index is 13.9. The van der Waals surface area contributed by atoms with Gasteiger partial charge in [-0.2, -0.15) is 0 Å². The van der Waals surface area contributed by atoms with Gasteiger partial charge in [0.1, 0.15) is 12.6 Å². The molecule has 1 fully saturated rings. The first-order valence-electron chi connectivity index (χ1n) is 12.1. The number of halogens is 2.